The third-order valence-electron chi connectivity index (χ3n) is 7.71. The van der Waals surface area contributed by atoms with E-state index in [0.29, 0.717) is 13.0 Å². The number of carbonyl (C=O) groups excluding carboxylic acids is 1. The largest absolute Gasteiger partial charge is 0.340 e. The minimum Gasteiger partial charge on any atom is -0.340 e. The molecule has 4 nitrogen and oxygen atoms in total. The molecule has 0 radical (unpaired) electrons. The van der Waals surface area contributed by atoms with E-state index in [9.17, 15) is 4.79 Å². The molecule has 7 rings (SSSR count). The first-order chi connectivity index (χ1) is 18.8. The topological polar surface area (TPSA) is 46.4 Å². The molecule has 0 aliphatic heterocycles. The molecule has 4 heteroatoms. The van der Waals surface area contributed by atoms with Crippen LogP contribution < -0.4 is 5.43 Å². The molecule has 5 aromatic carbocycles. The van der Waals surface area contributed by atoms with E-state index in [1.807, 2.05) is 42.5 Å². The number of hydrogen-bond donors (Lipinski definition) is 1. The quantitative estimate of drug-likeness (QED) is 0.197. The normalized spacial score (nSPS) is 13.0. The Kier molecular flexibility index (Phi) is 5.51. The Morgan fingerprint density at radius 3 is 2.05 bits per heavy atom. The van der Waals surface area contributed by atoms with Gasteiger partial charge in [-0.15, -0.1) is 0 Å². The molecule has 0 fully saturated rings. The first-order valence-corrected chi connectivity index (χ1v) is 13.2. The van der Waals surface area contributed by atoms with Gasteiger partial charge in [-0.2, -0.15) is 5.10 Å². The molecule has 1 heterocycles. The van der Waals surface area contributed by atoms with Gasteiger partial charge in [-0.25, -0.2) is 5.43 Å². The summed E-state index contributed by atoms with van der Waals surface area (Å²) in [6.07, 6.45) is 2.49. The predicted octanol–water partition coefficient (Wildman–Crippen LogP) is 7.01. The first kappa shape index (κ1) is 22.5. The summed E-state index contributed by atoms with van der Waals surface area (Å²) >= 11 is 0. The molecule has 184 valence electrons. The number of amides is 1. The summed E-state index contributed by atoms with van der Waals surface area (Å²) in [6.45, 7) is 0.580. The number of aromatic nitrogens is 1. The van der Waals surface area contributed by atoms with E-state index in [0.717, 1.165) is 40.7 Å². The fraction of sp³-hybridized carbons (Fsp3) is 0.118. The Balaban J connectivity index is 1.21. The summed E-state index contributed by atoms with van der Waals surface area (Å²) < 4.78 is 2.23. The van der Waals surface area contributed by atoms with Crippen molar-refractivity contribution in [3.05, 3.63) is 131 Å². The SMILES string of the molecule is O=C(CCn1c2ccccc2c2ccccc21)NN=C(c1ccccc1)c1ccc2c3c(cccc13)CC2. The number of nitrogens with one attached hydrogen (secondary N) is 1. The zero-order valence-electron chi connectivity index (χ0n) is 21.0. The summed E-state index contributed by atoms with van der Waals surface area (Å²) in [5.74, 6) is -0.105. The number of para-hydroxylation sites is 2. The Hall–Kier alpha value is -4.70. The molecule has 1 aromatic heterocycles. The lowest BCUT2D eigenvalue weighted by atomic mass is 9.94. The lowest BCUT2D eigenvalue weighted by Crippen LogP contribution is -2.22. The van der Waals surface area contributed by atoms with Crippen molar-refractivity contribution in [3.8, 4) is 0 Å². The molecule has 1 aliphatic carbocycles. The Morgan fingerprint density at radius 1 is 0.684 bits per heavy atom. The molecule has 6 aromatic rings. The second-order valence-corrected chi connectivity index (χ2v) is 9.91. The highest BCUT2D eigenvalue weighted by Crippen LogP contribution is 2.34. The van der Waals surface area contributed by atoms with Gasteiger partial charge in [0, 0.05) is 45.9 Å². The van der Waals surface area contributed by atoms with Gasteiger partial charge in [-0.1, -0.05) is 97.1 Å². The van der Waals surface area contributed by atoms with Gasteiger partial charge in [-0.05, 0) is 46.9 Å². The maximum atomic E-state index is 13.1. The average molecular weight is 494 g/mol. The van der Waals surface area contributed by atoms with Crippen LogP contribution in [0.4, 0.5) is 0 Å². The van der Waals surface area contributed by atoms with Crippen LogP contribution in [0.25, 0.3) is 32.6 Å². The smallest absolute Gasteiger partial charge is 0.241 e. The molecule has 0 atom stereocenters. The molecule has 1 N–H and O–H groups in total. The summed E-state index contributed by atoms with van der Waals surface area (Å²) in [4.78, 5) is 13.1. The number of carbonyl (C=O) groups is 1. The van der Waals surface area contributed by atoms with Crippen LogP contribution in [0.3, 0.4) is 0 Å². The Bertz CT molecular complexity index is 1800. The number of hydrogen-bond acceptors (Lipinski definition) is 2. The Labute approximate surface area is 221 Å². The number of nitrogens with zero attached hydrogens (tertiary/aromatic N) is 2. The zero-order chi connectivity index (χ0) is 25.5. The van der Waals surface area contributed by atoms with Gasteiger partial charge in [0.2, 0.25) is 5.91 Å². The highest BCUT2D eigenvalue weighted by molar-refractivity contribution is 6.20. The third kappa shape index (κ3) is 3.77. The molecule has 0 unspecified atom stereocenters. The van der Waals surface area contributed by atoms with Gasteiger partial charge in [0.1, 0.15) is 0 Å². The molecule has 38 heavy (non-hydrogen) atoms. The van der Waals surface area contributed by atoms with Crippen LogP contribution in [-0.4, -0.2) is 16.2 Å². The van der Waals surface area contributed by atoms with Crippen molar-refractivity contribution in [2.45, 2.75) is 25.8 Å². The van der Waals surface area contributed by atoms with E-state index in [4.69, 9.17) is 5.10 Å². The van der Waals surface area contributed by atoms with Crippen molar-refractivity contribution in [1.82, 2.24) is 9.99 Å². The van der Waals surface area contributed by atoms with Gasteiger partial charge < -0.3 is 4.57 Å². The van der Waals surface area contributed by atoms with Crippen molar-refractivity contribution in [2.24, 2.45) is 5.10 Å². The van der Waals surface area contributed by atoms with Gasteiger partial charge in [0.25, 0.3) is 0 Å². The van der Waals surface area contributed by atoms with Gasteiger partial charge in [0.05, 0.1) is 5.71 Å². The van der Waals surface area contributed by atoms with Crippen molar-refractivity contribution < 1.29 is 4.79 Å². The zero-order valence-corrected chi connectivity index (χ0v) is 21.0. The maximum absolute atomic E-state index is 13.1. The second kappa shape index (κ2) is 9.31. The van der Waals surface area contributed by atoms with E-state index in [1.165, 1.54) is 32.7 Å². The van der Waals surface area contributed by atoms with Gasteiger partial charge in [0.15, 0.2) is 0 Å². The molecule has 1 aliphatic rings. The highest BCUT2D eigenvalue weighted by atomic mass is 16.2. The third-order valence-corrected chi connectivity index (χ3v) is 7.71. The van der Waals surface area contributed by atoms with Crippen molar-refractivity contribution in [1.29, 1.82) is 0 Å². The lowest BCUT2D eigenvalue weighted by molar-refractivity contribution is -0.121. The fourth-order valence-electron chi connectivity index (χ4n) is 5.96. The summed E-state index contributed by atoms with van der Waals surface area (Å²) in [5.41, 5.74) is 10.8. The summed E-state index contributed by atoms with van der Waals surface area (Å²) in [6, 6.07) is 37.7. The molecule has 0 saturated carbocycles. The monoisotopic (exact) mass is 493 g/mol. The first-order valence-electron chi connectivity index (χ1n) is 13.2. The minimum atomic E-state index is -0.105. The number of fused-ring (bicyclic) bond motifs is 3. The number of rotatable bonds is 6. The van der Waals surface area contributed by atoms with Crippen LogP contribution in [-0.2, 0) is 24.2 Å². The van der Waals surface area contributed by atoms with Crippen LogP contribution in [0, 0.1) is 0 Å². The van der Waals surface area contributed by atoms with Crippen LogP contribution in [0.15, 0.2) is 114 Å². The van der Waals surface area contributed by atoms with Crippen molar-refractivity contribution in [2.75, 3.05) is 0 Å². The average Bonchev–Trinajstić information content (AvgIpc) is 3.54. The van der Waals surface area contributed by atoms with E-state index in [2.05, 4.69) is 76.7 Å². The summed E-state index contributed by atoms with van der Waals surface area (Å²) in [5, 5.41) is 9.68. The van der Waals surface area contributed by atoms with Gasteiger partial charge in [-0.3, -0.25) is 4.79 Å². The fourth-order valence-corrected chi connectivity index (χ4v) is 5.96. The summed E-state index contributed by atoms with van der Waals surface area (Å²) in [7, 11) is 0. The van der Waals surface area contributed by atoms with Crippen LogP contribution in [0.5, 0.6) is 0 Å². The second-order valence-electron chi connectivity index (χ2n) is 9.91. The van der Waals surface area contributed by atoms with Crippen molar-refractivity contribution >= 4 is 44.2 Å². The standard InChI is InChI=1S/C34H27N3O/c38-32(21-22-37-30-15-6-4-12-26(30)27-13-5-7-16-31(27)37)35-36-34(25-9-2-1-3-10-25)29-20-19-24-18-17-23-11-8-14-28(29)33(23)24/h1-16,19-20H,17-18,21-22H2,(H,35,38). The minimum absolute atomic E-state index is 0.105. The number of benzene rings is 5. The predicted molar refractivity (Wildman–Crippen MR) is 156 cm³/mol. The number of aryl methyl sites for hydroxylation is 3. The lowest BCUT2D eigenvalue weighted by Gasteiger charge is -2.13. The highest BCUT2D eigenvalue weighted by Gasteiger charge is 2.19. The maximum Gasteiger partial charge on any atom is 0.241 e. The molecule has 0 bridgehead atoms. The molecule has 0 saturated heterocycles. The molecule has 1 amide bonds. The Morgan fingerprint density at radius 2 is 1.32 bits per heavy atom. The molecular formula is C34H27N3O. The number of hydrazone groups is 1. The van der Waals surface area contributed by atoms with Crippen molar-refractivity contribution in [3.63, 3.8) is 0 Å². The molecule has 0 spiro atoms. The van der Waals surface area contributed by atoms with Crippen LogP contribution in [0.2, 0.25) is 0 Å². The van der Waals surface area contributed by atoms with E-state index < -0.39 is 0 Å². The van der Waals surface area contributed by atoms with Gasteiger partial charge >= 0.3 is 0 Å². The van der Waals surface area contributed by atoms with Crippen LogP contribution >= 0.6 is 0 Å². The van der Waals surface area contributed by atoms with E-state index in [-0.39, 0.29) is 5.91 Å². The van der Waals surface area contributed by atoms with E-state index in [1.54, 1.807) is 0 Å². The van der Waals surface area contributed by atoms with Crippen LogP contribution in [0.1, 0.15) is 28.7 Å². The van der Waals surface area contributed by atoms with E-state index >= 15 is 0 Å². The molecular weight excluding hydrogens is 466 g/mol.